The van der Waals surface area contributed by atoms with Crippen LogP contribution in [0.5, 0.6) is 0 Å². The van der Waals surface area contributed by atoms with E-state index in [4.69, 9.17) is 0 Å². The molecule has 0 aromatic carbocycles. The fourth-order valence-electron chi connectivity index (χ4n) is 0.828. The molecule has 2 N–H and O–H groups in total. The number of nitrogens with zero attached hydrogens (tertiary/aromatic N) is 1. The molecule has 0 fully saturated rings. The molecule has 0 saturated heterocycles. The highest BCUT2D eigenvalue weighted by Gasteiger charge is 2.11. The van der Waals surface area contributed by atoms with Gasteiger partial charge in [0.25, 0.3) is 0 Å². The first-order valence-corrected chi connectivity index (χ1v) is 4.09. The molecular formula is C9H11N3O2. The number of carbonyl (C=O) groups is 2. The average molecular weight is 193 g/mol. The topological polar surface area (TPSA) is 71.1 Å². The van der Waals surface area contributed by atoms with Crippen LogP contribution < -0.4 is 10.6 Å². The van der Waals surface area contributed by atoms with Gasteiger partial charge >= 0.3 is 11.8 Å². The lowest BCUT2D eigenvalue weighted by Gasteiger charge is -2.02. The molecule has 0 unspecified atom stereocenters. The van der Waals surface area contributed by atoms with E-state index in [0.717, 1.165) is 5.56 Å². The molecule has 1 aromatic rings. The van der Waals surface area contributed by atoms with Crippen molar-refractivity contribution in [1.29, 1.82) is 0 Å². The van der Waals surface area contributed by atoms with Gasteiger partial charge in [-0.2, -0.15) is 0 Å². The molecule has 0 aliphatic carbocycles. The summed E-state index contributed by atoms with van der Waals surface area (Å²) in [4.78, 5) is 25.8. The van der Waals surface area contributed by atoms with Gasteiger partial charge in [-0.3, -0.25) is 9.59 Å². The Hall–Kier alpha value is -1.91. The van der Waals surface area contributed by atoms with Crippen LogP contribution in [0.25, 0.3) is 0 Å². The molecule has 0 aliphatic rings. The van der Waals surface area contributed by atoms with Crippen molar-refractivity contribution in [3.63, 3.8) is 0 Å². The van der Waals surface area contributed by atoms with Crippen molar-refractivity contribution in [2.75, 3.05) is 12.4 Å². The van der Waals surface area contributed by atoms with E-state index in [1.807, 2.05) is 6.92 Å². The van der Waals surface area contributed by atoms with Crippen LogP contribution >= 0.6 is 0 Å². The van der Waals surface area contributed by atoms with Crippen molar-refractivity contribution in [2.24, 2.45) is 0 Å². The maximum Gasteiger partial charge on any atom is 0.314 e. The zero-order valence-electron chi connectivity index (χ0n) is 8.00. The lowest BCUT2D eigenvalue weighted by Crippen LogP contribution is -2.32. The second-order valence-electron chi connectivity index (χ2n) is 2.75. The molecule has 5 nitrogen and oxygen atoms in total. The van der Waals surface area contributed by atoms with Crippen LogP contribution in [0.1, 0.15) is 5.56 Å². The highest BCUT2D eigenvalue weighted by Crippen LogP contribution is 2.02. The Morgan fingerprint density at radius 3 is 2.50 bits per heavy atom. The predicted molar refractivity (Wildman–Crippen MR) is 51.7 cm³/mol. The minimum atomic E-state index is -0.719. The number of aromatic nitrogens is 1. The van der Waals surface area contributed by atoms with Crippen molar-refractivity contribution in [3.8, 4) is 0 Å². The second-order valence-corrected chi connectivity index (χ2v) is 2.75. The minimum absolute atomic E-state index is 0.365. The Kier molecular flexibility index (Phi) is 3.17. The van der Waals surface area contributed by atoms with E-state index in [-0.39, 0.29) is 0 Å². The van der Waals surface area contributed by atoms with Crippen LogP contribution in [0.3, 0.4) is 0 Å². The van der Waals surface area contributed by atoms with Gasteiger partial charge in [0.2, 0.25) is 0 Å². The quantitative estimate of drug-likeness (QED) is 0.620. The summed E-state index contributed by atoms with van der Waals surface area (Å²) >= 11 is 0. The first-order valence-electron chi connectivity index (χ1n) is 4.09. The highest BCUT2D eigenvalue weighted by molar-refractivity contribution is 6.39. The number of likely N-dealkylation sites (N-methyl/N-ethyl adjacent to an activating group) is 1. The summed E-state index contributed by atoms with van der Waals surface area (Å²) in [5.74, 6) is -1.04. The van der Waals surface area contributed by atoms with Crippen LogP contribution in [-0.4, -0.2) is 23.8 Å². The van der Waals surface area contributed by atoms with Gasteiger partial charge in [-0.1, -0.05) is 6.07 Å². The Morgan fingerprint density at radius 1 is 1.29 bits per heavy atom. The fraction of sp³-hybridized carbons (Fsp3) is 0.222. The summed E-state index contributed by atoms with van der Waals surface area (Å²) in [5.41, 5.74) is 0.989. The first-order chi connectivity index (χ1) is 6.63. The average Bonchev–Trinajstić information content (AvgIpc) is 2.20. The van der Waals surface area contributed by atoms with Crippen molar-refractivity contribution >= 4 is 17.6 Å². The highest BCUT2D eigenvalue weighted by atomic mass is 16.2. The number of nitrogens with one attached hydrogen (secondary N) is 2. The van der Waals surface area contributed by atoms with E-state index in [1.165, 1.54) is 7.05 Å². The number of amides is 2. The van der Waals surface area contributed by atoms with Crippen molar-refractivity contribution in [2.45, 2.75) is 6.92 Å². The van der Waals surface area contributed by atoms with Gasteiger partial charge < -0.3 is 10.6 Å². The Labute approximate surface area is 81.5 Å². The molecule has 1 heterocycles. The Bertz CT molecular complexity index is 346. The summed E-state index contributed by atoms with van der Waals surface area (Å²) in [5, 5.41) is 4.58. The summed E-state index contributed by atoms with van der Waals surface area (Å²) in [6, 6.07) is 3.43. The number of pyridine rings is 1. The Morgan fingerprint density at radius 2 is 2.00 bits per heavy atom. The normalized spacial score (nSPS) is 9.29. The number of hydrogen-bond donors (Lipinski definition) is 2. The van der Waals surface area contributed by atoms with E-state index >= 15 is 0 Å². The summed E-state index contributed by atoms with van der Waals surface area (Å²) in [6.45, 7) is 1.89. The molecule has 0 spiro atoms. The van der Waals surface area contributed by atoms with Gasteiger partial charge in [0.15, 0.2) is 0 Å². The molecule has 1 rings (SSSR count). The lowest BCUT2D eigenvalue weighted by atomic mass is 10.3. The van der Waals surface area contributed by atoms with Crippen LogP contribution in [-0.2, 0) is 9.59 Å². The third kappa shape index (κ3) is 2.55. The maximum absolute atomic E-state index is 11.1. The van der Waals surface area contributed by atoms with Crippen LogP contribution in [0.2, 0.25) is 0 Å². The molecule has 0 aliphatic heterocycles. The van der Waals surface area contributed by atoms with E-state index in [2.05, 4.69) is 15.6 Å². The number of hydrogen-bond acceptors (Lipinski definition) is 3. The summed E-state index contributed by atoms with van der Waals surface area (Å²) < 4.78 is 0. The lowest BCUT2D eigenvalue weighted by molar-refractivity contribution is -0.135. The third-order valence-corrected chi connectivity index (χ3v) is 1.59. The first kappa shape index (κ1) is 10.2. The minimum Gasteiger partial charge on any atom is -0.351 e. The molecule has 1 aromatic heterocycles. The second kappa shape index (κ2) is 4.36. The monoisotopic (exact) mass is 193 g/mol. The molecule has 0 radical (unpaired) electrons. The van der Waals surface area contributed by atoms with Crippen LogP contribution in [0.15, 0.2) is 18.3 Å². The fourth-order valence-corrected chi connectivity index (χ4v) is 0.828. The molecular weight excluding hydrogens is 182 g/mol. The van der Waals surface area contributed by atoms with Crippen molar-refractivity contribution < 1.29 is 9.59 Å². The van der Waals surface area contributed by atoms with E-state index in [9.17, 15) is 9.59 Å². The predicted octanol–water partition coefficient (Wildman–Crippen LogP) is 0.0745. The standard InChI is InChI=1S/C9H11N3O2/c1-6-3-4-7(11-5-6)12-9(14)8(13)10-2/h3-5H,1-2H3,(H,10,13)(H,11,12,14). The molecule has 5 heteroatoms. The van der Waals surface area contributed by atoms with Crippen LogP contribution in [0, 0.1) is 6.92 Å². The Balaban J connectivity index is 2.65. The SMILES string of the molecule is CNC(=O)C(=O)Nc1ccc(C)cn1. The van der Waals surface area contributed by atoms with Gasteiger partial charge in [-0.15, -0.1) is 0 Å². The summed E-state index contributed by atoms with van der Waals surface area (Å²) in [7, 11) is 1.39. The van der Waals surface area contributed by atoms with E-state index in [0.29, 0.717) is 5.82 Å². The molecule has 74 valence electrons. The largest absolute Gasteiger partial charge is 0.351 e. The number of aryl methyl sites for hydroxylation is 1. The van der Waals surface area contributed by atoms with Gasteiger partial charge in [-0.05, 0) is 18.6 Å². The molecule has 0 atom stereocenters. The van der Waals surface area contributed by atoms with Crippen molar-refractivity contribution in [3.05, 3.63) is 23.9 Å². The number of rotatable bonds is 1. The van der Waals surface area contributed by atoms with E-state index < -0.39 is 11.8 Å². The zero-order chi connectivity index (χ0) is 10.6. The molecule has 0 saturated carbocycles. The van der Waals surface area contributed by atoms with E-state index in [1.54, 1.807) is 18.3 Å². The number of carbonyl (C=O) groups excluding carboxylic acids is 2. The number of anilines is 1. The molecule has 2 amide bonds. The van der Waals surface area contributed by atoms with Gasteiger partial charge in [0.1, 0.15) is 5.82 Å². The van der Waals surface area contributed by atoms with Crippen LogP contribution in [0.4, 0.5) is 5.82 Å². The van der Waals surface area contributed by atoms with Gasteiger partial charge in [-0.25, -0.2) is 4.98 Å². The maximum atomic E-state index is 11.1. The van der Waals surface area contributed by atoms with Gasteiger partial charge in [0.05, 0.1) is 0 Å². The zero-order valence-corrected chi connectivity index (χ0v) is 8.00. The molecule has 14 heavy (non-hydrogen) atoms. The smallest absolute Gasteiger partial charge is 0.314 e. The molecule has 0 bridgehead atoms. The van der Waals surface area contributed by atoms with Gasteiger partial charge in [0, 0.05) is 13.2 Å². The summed E-state index contributed by atoms with van der Waals surface area (Å²) in [6.07, 6.45) is 1.61. The third-order valence-electron chi connectivity index (χ3n) is 1.59. The van der Waals surface area contributed by atoms with Crippen molar-refractivity contribution in [1.82, 2.24) is 10.3 Å².